The first kappa shape index (κ1) is 24.8. The summed E-state index contributed by atoms with van der Waals surface area (Å²) in [6, 6.07) is 26.6. The summed E-state index contributed by atoms with van der Waals surface area (Å²) < 4.78 is 0. The van der Waals surface area contributed by atoms with E-state index in [1.165, 1.54) is 11.8 Å². The van der Waals surface area contributed by atoms with E-state index in [0.29, 0.717) is 26.3 Å². The Hall–Kier alpha value is -3.30. The number of nitriles is 1. The first-order chi connectivity index (χ1) is 16.8. The quantitative estimate of drug-likeness (QED) is 0.263. The molecule has 0 spiro atoms. The normalized spacial score (nSPS) is 11.5. The average molecular weight is 518 g/mol. The molecule has 7 heteroatoms. The summed E-state index contributed by atoms with van der Waals surface area (Å²) in [7, 11) is 0. The number of halogens is 2. The third-order valence-electron chi connectivity index (χ3n) is 5.35. The molecule has 1 heterocycles. The van der Waals surface area contributed by atoms with Crippen LogP contribution in [0.4, 0.5) is 5.69 Å². The molecule has 0 saturated heterocycles. The van der Waals surface area contributed by atoms with Crippen LogP contribution in [0.25, 0.3) is 22.4 Å². The number of amides is 1. The Balaban J connectivity index is 1.74. The molecule has 1 aromatic heterocycles. The van der Waals surface area contributed by atoms with E-state index < -0.39 is 5.25 Å². The van der Waals surface area contributed by atoms with Gasteiger partial charge in [-0.25, -0.2) is 4.98 Å². The summed E-state index contributed by atoms with van der Waals surface area (Å²) in [6.07, 6.45) is 0. The van der Waals surface area contributed by atoms with Gasteiger partial charge in [0.05, 0.1) is 16.5 Å². The van der Waals surface area contributed by atoms with Gasteiger partial charge in [-0.05, 0) is 55.8 Å². The zero-order valence-electron chi connectivity index (χ0n) is 19.0. The number of rotatable bonds is 6. The number of carbonyl (C=O) groups excluding carboxylic acids is 1. The van der Waals surface area contributed by atoms with Crippen molar-refractivity contribution in [2.45, 2.75) is 24.1 Å². The van der Waals surface area contributed by atoms with Crippen LogP contribution in [0.2, 0.25) is 10.0 Å². The predicted octanol–water partition coefficient (Wildman–Crippen LogP) is 8.02. The minimum atomic E-state index is -0.514. The van der Waals surface area contributed by atoms with Crippen molar-refractivity contribution in [2.75, 3.05) is 5.32 Å². The molecule has 0 aliphatic rings. The minimum absolute atomic E-state index is 0.211. The van der Waals surface area contributed by atoms with Crippen LogP contribution in [-0.2, 0) is 4.79 Å². The third kappa shape index (κ3) is 6.04. The van der Waals surface area contributed by atoms with E-state index in [9.17, 15) is 10.1 Å². The Morgan fingerprint density at radius 1 is 0.971 bits per heavy atom. The number of pyridine rings is 1. The smallest absolute Gasteiger partial charge is 0.237 e. The van der Waals surface area contributed by atoms with Gasteiger partial charge in [-0.1, -0.05) is 83.0 Å². The zero-order chi connectivity index (χ0) is 24.9. The lowest BCUT2D eigenvalue weighted by atomic mass is 9.99. The number of hydrogen-bond donors (Lipinski definition) is 1. The molecule has 0 aliphatic carbocycles. The van der Waals surface area contributed by atoms with Gasteiger partial charge >= 0.3 is 0 Å². The Morgan fingerprint density at radius 2 is 1.66 bits per heavy atom. The highest BCUT2D eigenvalue weighted by Gasteiger charge is 2.21. The van der Waals surface area contributed by atoms with Gasteiger partial charge in [-0.15, -0.1) is 0 Å². The van der Waals surface area contributed by atoms with E-state index >= 15 is 0 Å². The SMILES string of the molecule is Cc1ccc(-c2cc(-c3ccc(Cl)cc3)c(C#N)c(SC(C)C(=O)Nc3cccc(Cl)c3)n2)cc1. The first-order valence-electron chi connectivity index (χ1n) is 10.9. The highest BCUT2D eigenvalue weighted by Crippen LogP contribution is 2.36. The van der Waals surface area contributed by atoms with Crippen LogP contribution in [0.5, 0.6) is 0 Å². The van der Waals surface area contributed by atoms with E-state index in [2.05, 4.69) is 11.4 Å². The Bertz CT molecular complexity index is 1410. The second-order valence-electron chi connectivity index (χ2n) is 7.98. The fourth-order valence-corrected chi connectivity index (χ4v) is 4.72. The van der Waals surface area contributed by atoms with Crippen LogP contribution in [0.15, 0.2) is 83.9 Å². The monoisotopic (exact) mass is 517 g/mol. The number of aromatic nitrogens is 1. The summed E-state index contributed by atoms with van der Waals surface area (Å²) in [6.45, 7) is 3.81. The Labute approximate surface area is 218 Å². The van der Waals surface area contributed by atoms with E-state index in [1.54, 1.807) is 43.3 Å². The molecule has 4 nitrogen and oxygen atoms in total. The highest BCUT2D eigenvalue weighted by atomic mass is 35.5. The fourth-order valence-electron chi connectivity index (χ4n) is 3.48. The maximum atomic E-state index is 12.9. The molecule has 1 amide bonds. The molecule has 35 heavy (non-hydrogen) atoms. The molecule has 0 bridgehead atoms. The molecule has 174 valence electrons. The summed E-state index contributed by atoms with van der Waals surface area (Å²) in [4.78, 5) is 17.7. The second kappa shape index (κ2) is 11.0. The molecule has 1 atom stereocenters. The van der Waals surface area contributed by atoms with Crippen molar-refractivity contribution in [3.63, 3.8) is 0 Å². The van der Waals surface area contributed by atoms with Gasteiger partial charge in [0.2, 0.25) is 5.91 Å². The van der Waals surface area contributed by atoms with Crippen molar-refractivity contribution in [1.29, 1.82) is 5.26 Å². The molecule has 4 aromatic rings. The van der Waals surface area contributed by atoms with Crippen LogP contribution in [0.3, 0.4) is 0 Å². The van der Waals surface area contributed by atoms with Crippen molar-refractivity contribution >= 4 is 46.6 Å². The van der Waals surface area contributed by atoms with Crippen molar-refractivity contribution in [1.82, 2.24) is 4.98 Å². The van der Waals surface area contributed by atoms with E-state index in [4.69, 9.17) is 28.2 Å². The van der Waals surface area contributed by atoms with Crippen molar-refractivity contribution in [3.05, 3.63) is 100 Å². The lowest BCUT2D eigenvalue weighted by Crippen LogP contribution is -2.22. The molecular formula is C28H21Cl2N3OS. The van der Waals surface area contributed by atoms with Crippen LogP contribution in [-0.4, -0.2) is 16.1 Å². The molecule has 1 N–H and O–H groups in total. The van der Waals surface area contributed by atoms with Crippen molar-refractivity contribution in [2.24, 2.45) is 0 Å². The van der Waals surface area contributed by atoms with Crippen LogP contribution in [0.1, 0.15) is 18.1 Å². The Kier molecular flexibility index (Phi) is 7.77. The molecular weight excluding hydrogens is 497 g/mol. The molecule has 0 fully saturated rings. The lowest BCUT2D eigenvalue weighted by Gasteiger charge is -2.16. The number of benzene rings is 3. The van der Waals surface area contributed by atoms with Crippen LogP contribution < -0.4 is 5.32 Å². The summed E-state index contributed by atoms with van der Waals surface area (Å²) in [5, 5.41) is 14.1. The summed E-state index contributed by atoms with van der Waals surface area (Å²) in [5.41, 5.74) is 5.39. The molecule has 0 radical (unpaired) electrons. The summed E-state index contributed by atoms with van der Waals surface area (Å²) >= 11 is 13.4. The number of carbonyl (C=O) groups is 1. The van der Waals surface area contributed by atoms with Crippen molar-refractivity contribution in [3.8, 4) is 28.5 Å². The van der Waals surface area contributed by atoms with Gasteiger partial charge in [-0.2, -0.15) is 5.26 Å². The number of nitrogens with zero attached hydrogens (tertiary/aromatic N) is 2. The molecule has 0 saturated carbocycles. The number of thioether (sulfide) groups is 1. The lowest BCUT2D eigenvalue weighted by molar-refractivity contribution is -0.115. The molecule has 4 rings (SSSR count). The van der Waals surface area contributed by atoms with E-state index in [-0.39, 0.29) is 5.91 Å². The molecule has 0 aliphatic heterocycles. The molecule has 3 aromatic carbocycles. The average Bonchev–Trinajstić information content (AvgIpc) is 2.84. The zero-order valence-corrected chi connectivity index (χ0v) is 21.4. The predicted molar refractivity (Wildman–Crippen MR) is 145 cm³/mol. The number of hydrogen-bond acceptors (Lipinski definition) is 4. The minimum Gasteiger partial charge on any atom is -0.325 e. The van der Waals surface area contributed by atoms with Crippen LogP contribution in [0, 0.1) is 18.3 Å². The fraction of sp³-hybridized carbons (Fsp3) is 0.107. The Morgan fingerprint density at radius 3 is 2.31 bits per heavy atom. The van der Waals surface area contributed by atoms with Crippen molar-refractivity contribution < 1.29 is 4.79 Å². The number of anilines is 1. The molecule has 1 unspecified atom stereocenters. The number of nitrogens with one attached hydrogen (secondary N) is 1. The highest BCUT2D eigenvalue weighted by molar-refractivity contribution is 8.00. The van der Waals surface area contributed by atoms with E-state index in [0.717, 1.165) is 27.9 Å². The number of aryl methyl sites for hydroxylation is 1. The van der Waals surface area contributed by atoms with E-state index in [1.807, 2.05) is 49.4 Å². The topological polar surface area (TPSA) is 65.8 Å². The first-order valence-corrected chi connectivity index (χ1v) is 12.5. The van der Waals surface area contributed by atoms with Gasteiger partial charge in [0.15, 0.2) is 0 Å². The maximum Gasteiger partial charge on any atom is 0.237 e. The van der Waals surface area contributed by atoms with Gasteiger partial charge in [0, 0.05) is 26.9 Å². The van der Waals surface area contributed by atoms with Gasteiger partial charge in [0.25, 0.3) is 0 Å². The summed E-state index contributed by atoms with van der Waals surface area (Å²) in [5.74, 6) is -0.211. The third-order valence-corrected chi connectivity index (χ3v) is 6.92. The maximum absolute atomic E-state index is 12.9. The second-order valence-corrected chi connectivity index (χ2v) is 10.2. The van der Waals surface area contributed by atoms with Gasteiger partial charge < -0.3 is 5.32 Å². The van der Waals surface area contributed by atoms with Gasteiger partial charge in [-0.3, -0.25) is 4.79 Å². The van der Waals surface area contributed by atoms with Crippen LogP contribution >= 0.6 is 35.0 Å². The largest absolute Gasteiger partial charge is 0.325 e. The standard InChI is InChI=1S/C28H21Cl2N3OS/c1-17-6-8-20(9-7-17)26-15-24(19-10-12-21(29)13-11-19)25(16-31)28(33-26)35-18(2)27(34)32-23-5-3-4-22(30)14-23/h3-15,18H,1-2H3,(H,32,34). The van der Waals surface area contributed by atoms with Gasteiger partial charge in [0.1, 0.15) is 11.1 Å².